The van der Waals surface area contributed by atoms with E-state index in [1.807, 2.05) is 12.1 Å². The second kappa shape index (κ2) is 5.87. The Kier molecular flexibility index (Phi) is 4.43. The molecule has 1 rings (SSSR count). The summed E-state index contributed by atoms with van der Waals surface area (Å²) >= 11 is 0. The smallest absolute Gasteiger partial charge is 0.339 e. The van der Waals surface area contributed by atoms with E-state index in [2.05, 4.69) is 23.5 Å². The van der Waals surface area contributed by atoms with Crippen molar-refractivity contribution >= 4 is 5.97 Å². The van der Waals surface area contributed by atoms with E-state index in [0.717, 1.165) is 18.4 Å². The lowest BCUT2D eigenvalue weighted by molar-refractivity contribution is 0.0600. The van der Waals surface area contributed by atoms with Crippen LogP contribution in [-0.2, 0) is 4.74 Å². The molecule has 0 aromatic heterocycles. The molecule has 0 bridgehead atoms. The largest absolute Gasteiger partial charge is 0.465 e. The van der Waals surface area contributed by atoms with Crippen molar-refractivity contribution < 1.29 is 9.53 Å². The minimum Gasteiger partial charge on any atom is -0.465 e. The van der Waals surface area contributed by atoms with Gasteiger partial charge in [0.1, 0.15) is 0 Å². The van der Waals surface area contributed by atoms with Gasteiger partial charge in [0.05, 0.1) is 12.7 Å². The summed E-state index contributed by atoms with van der Waals surface area (Å²) in [4.78, 5) is 11.4. The number of ether oxygens (including phenoxy) is 1. The predicted octanol–water partition coefficient (Wildman–Crippen LogP) is 2.62. The molecule has 0 saturated carbocycles. The number of rotatable bonds is 2. The van der Waals surface area contributed by atoms with Gasteiger partial charge in [-0.25, -0.2) is 4.79 Å². The summed E-state index contributed by atoms with van der Waals surface area (Å²) in [6.45, 7) is 2.07. The Hall–Kier alpha value is -1.75. The fourth-order valence-electron chi connectivity index (χ4n) is 1.16. The molecule has 0 aliphatic rings. The highest BCUT2D eigenvalue weighted by molar-refractivity contribution is 5.92. The van der Waals surface area contributed by atoms with Gasteiger partial charge in [-0.15, -0.1) is 0 Å². The van der Waals surface area contributed by atoms with Crippen LogP contribution in [0.3, 0.4) is 0 Å². The van der Waals surface area contributed by atoms with Crippen LogP contribution in [0.15, 0.2) is 24.3 Å². The summed E-state index contributed by atoms with van der Waals surface area (Å²) in [5, 5.41) is 0. The Morgan fingerprint density at radius 2 is 2.13 bits per heavy atom. The van der Waals surface area contributed by atoms with Crippen LogP contribution >= 0.6 is 0 Å². The van der Waals surface area contributed by atoms with E-state index < -0.39 is 0 Å². The maximum Gasteiger partial charge on any atom is 0.339 e. The first-order chi connectivity index (χ1) is 7.29. The first-order valence-electron chi connectivity index (χ1n) is 4.95. The van der Waals surface area contributed by atoms with Gasteiger partial charge in [-0.05, 0) is 18.6 Å². The maximum absolute atomic E-state index is 11.4. The van der Waals surface area contributed by atoms with Crippen LogP contribution in [0.25, 0.3) is 0 Å². The zero-order chi connectivity index (χ0) is 11.1. The van der Waals surface area contributed by atoms with Crippen LogP contribution in [0.1, 0.15) is 35.7 Å². The standard InChI is InChI=1S/C13H14O2/c1-3-4-5-8-11-9-6-7-10-12(11)13(14)15-2/h6-7,9-10H,3-4H2,1-2H3. The van der Waals surface area contributed by atoms with Crippen LogP contribution in [-0.4, -0.2) is 13.1 Å². The second-order valence-electron chi connectivity index (χ2n) is 3.09. The molecule has 0 N–H and O–H groups in total. The van der Waals surface area contributed by atoms with Gasteiger partial charge in [-0.3, -0.25) is 0 Å². The lowest BCUT2D eigenvalue weighted by Crippen LogP contribution is -2.03. The molecule has 2 heteroatoms. The van der Waals surface area contributed by atoms with Crippen molar-refractivity contribution in [2.24, 2.45) is 0 Å². The Bertz CT molecular complexity index is 396. The van der Waals surface area contributed by atoms with E-state index in [0.29, 0.717) is 5.56 Å². The maximum atomic E-state index is 11.4. The molecule has 0 fully saturated rings. The SMILES string of the molecule is CCCC#Cc1ccccc1C(=O)OC. The van der Waals surface area contributed by atoms with E-state index >= 15 is 0 Å². The number of esters is 1. The molecule has 15 heavy (non-hydrogen) atoms. The monoisotopic (exact) mass is 202 g/mol. The van der Waals surface area contributed by atoms with Crippen molar-refractivity contribution in [3.8, 4) is 11.8 Å². The van der Waals surface area contributed by atoms with E-state index in [1.54, 1.807) is 12.1 Å². The van der Waals surface area contributed by atoms with Gasteiger partial charge in [0.2, 0.25) is 0 Å². The van der Waals surface area contributed by atoms with Gasteiger partial charge >= 0.3 is 5.97 Å². The highest BCUT2D eigenvalue weighted by Gasteiger charge is 2.08. The van der Waals surface area contributed by atoms with Crippen LogP contribution in [0.5, 0.6) is 0 Å². The predicted molar refractivity (Wildman–Crippen MR) is 59.6 cm³/mol. The lowest BCUT2D eigenvalue weighted by atomic mass is 10.1. The summed E-state index contributed by atoms with van der Waals surface area (Å²) in [7, 11) is 1.37. The third-order valence-electron chi connectivity index (χ3n) is 1.93. The van der Waals surface area contributed by atoms with Crippen molar-refractivity contribution in [1.82, 2.24) is 0 Å². The number of benzene rings is 1. The minimum atomic E-state index is -0.337. The topological polar surface area (TPSA) is 26.3 Å². The third kappa shape index (κ3) is 3.14. The normalized spacial score (nSPS) is 8.93. The molecule has 1 aromatic rings. The van der Waals surface area contributed by atoms with Crippen molar-refractivity contribution in [2.75, 3.05) is 7.11 Å². The second-order valence-corrected chi connectivity index (χ2v) is 3.09. The van der Waals surface area contributed by atoms with E-state index in [9.17, 15) is 4.79 Å². The molecule has 0 heterocycles. The summed E-state index contributed by atoms with van der Waals surface area (Å²) in [5.74, 6) is 5.65. The van der Waals surface area contributed by atoms with E-state index in [4.69, 9.17) is 0 Å². The molecule has 2 nitrogen and oxygen atoms in total. The third-order valence-corrected chi connectivity index (χ3v) is 1.93. The number of carbonyl (C=O) groups excluding carboxylic acids is 1. The average Bonchev–Trinajstić information content (AvgIpc) is 2.29. The number of carbonyl (C=O) groups is 1. The van der Waals surface area contributed by atoms with E-state index in [-0.39, 0.29) is 5.97 Å². The molecule has 0 spiro atoms. The Labute approximate surface area is 90.3 Å². The quantitative estimate of drug-likeness (QED) is 0.544. The summed E-state index contributed by atoms with van der Waals surface area (Å²) in [6.07, 6.45) is 1.86. The summed E-state index contributed by atoms with van der Waals surface area (Å²) in [6, 6.07) is 7.22. The molecule has 0 unspecified atom stereocenters. The van der Waals surface area contributed by atoms with Crippen LogP contribution < -0.4 is 0 Å². The number of hydrogen-bond donors (Lipinski definition) is 0. The summed E-state index contributed by atoms with van der Waals surface area (Å²) in [5.41, 5.74) is 1.27. The minimum absolute atomic E-state index is 0.337. The van der Waals surface area contributed by atoms with Gasteiger partial charge in [0, 0.05) is 12.0 Å². The van der Waals surface area contributed by atoms with Gasteiger partial charge in [0.15, 0.2) is 0 Å². The van der Waals surface area contributed by atoms with Crippen LogP contribution in [0.4, 0.5) is 0 Å². The Balaban J connectivity index is 2.98. The molecule has 0 atom stereocenters. The Morgan fingerprint density at radius 3 is 2.80 bits per heavy atom. The summed E-state index contributed by atoms with van der Waals surface area (Å²) < 4.78 is 4.68. The average molecular weight is 202 g/mol. The molecule has 0 amide bonds. The molecular weight excluding hydrogens is 188 g/mol. The van der Waals surface area contributed by atoms with Crippen molar-refractivity contribution in [3.63, 3.8) is 0 Å². The molecule has 0 radical (unpaired) electrons. The molecule has 78 valence electrons. The zero-order valence-electron chi connectivity index (χ0n) is 9.04. The van der Waals surface area contributed by atoms with Gasteiger partial charge in [-0.2, -0.15) is 0 Å². The Morgan fingerprint density at radius 1 is 1.40 bits per heavy atom. The molecule has 0 aliphatic heterocycles. The lowest BCUT2D eigenvalue weighted by Gasteiger charge is -2.00. The molecule has 0 saturated heterocycles. The first kappa shape index (κ1) is 11.3. The van der Waals surface area contributed by atoms with E-state index in [1.165, 1.54) is 7.11 Å². The number of unbranched alkanes of at least 4 members (excludes halogenated alkanes) is 1. The van der Waals surface area contributed by atoms with Crippen LogP contribution in [0.2, 0.25) is 0 Å². The zero-order valence-corrected chi connectivity index (χ0v) is 9.04. The fraction of sp³-hybridized carbons (Fsp3) is 0.308. The highest BCUT2D eigenvalue weighted by atomic mass is 16.5. The highest BCUT2D eigenvalue weighted by Crippen LogP contribution is 2.08. The number of methoxy groups -OCH3 is 1. The van der Waals surface area contributed by atoms with Crippen molar-refractivity contribution in [3.05, 3.63) is 35.4 Å². The van der Waals surface area contributed by atoms with Crippen molar-refractivity contribution in [2.45, 2.75) is 19.8 Å². The molecular formula is C13H14O2. The van der Waals surface area contributed by atoms with Gasteiger partial charge in [0.25, 0.3) is 0 Å². The first-order valence-corrected chi connectivity index (χ1v) is 4.95. The molecule has 1 aromatic carbocycles. The van der Waals surface area contributed by atoms with Crippen LogP contribution in [0, 0.1) is 11.8 Å². The van der Waals surface area contributed by atoms with Gasteiger partial charge in [-0.1, -0.05) is 30.9 Å². The van der Waals surface area contributed by atoms with Crippen molar-refractivity contribution in [1.29, 1.82) is 0 Å². The molecule has 0 aliphatic carbocycles. The number of hydrogen-bond acceptors (Lipinski definition) is 2. The van der Waals surface area contributed by atoms with Gasteiger partial charge < -0.3 is 4.74 Å². The fourth-order valence-corrected chi connectivity index (χ4v) is 1.16.